The van der Waals surface area contributed by atoms with Crippen LogP contribution in [-0.2, 0) is 19.3 Å². The number of amides is 2. The molecule has 3 aromatic rings. The van der Waals surface area contributed by atoms with Crippen molar-refractivity contribution < 1.29 is 4.79 Å². The molecule has 4 rings (SSSR count). The molecule has 0 atom stereocenters. The van der Waals surface area contributed by atoms with Crippen molar-refractivity contribution in [3.05, 3.63) is 59.7 Å². The largest absolute Gasteiger partial charge is 0.337 e. The lowest BCUT2D eigenvalue weighted by Gasteiger charge is -2.10. The van der Waals surface area contributed by atoms with Crippen LogP contribution in [0.15, 0.2) is 36.9 Å². The number of nitrogens with zero attached hydrogens (tertiary/aromatic N) is 5. The molecule has 2 heterocycles. The summed E-state index contributed by atoms with van der Waals surface area (Å²) in [4.78, 5) is 25.3. The Bertz CT molecular complexity index is 953. The third-order valence-electron chi connectivity index (χ3n) is 4.61. The number of fused-ring (bicyclic) bond motifs is 1. The van der Waals surface area contributed by atoms with E-state index >= 15 is 0 Å². The van der Waals surface area contributed by atoms with Crippen molar-refractivity contribution in [2.24, 2.45) is 0 Å². The van der Waals surface area contributed by atoms with Gasteiger partial charge in [0, 0.05) is 30.0 Å². The third-order valence-corrected chi connectivity index (χ3v) is 4.61. The Balaban J connectivity index is 1.32. The molecule has 27 heavy (non-hydrogen) atoms. The standard InChI is InChI=1S/C19H21N7O/c1-13-16-6-3-7-17(16)25-18(23-13)8-9-21-19(27)24-14-4-2-5-15(10-14)26-12-20-11-22-26/h2,4-5,10-12H,3,6-9H2,1H3,(H2,21,24,27). The quantitative estimate of drug-likeness (QED) is 0.724. The number of carbonyl (C=O) groups excluding carboxylic acids is 1. The summed E-state index contributed by atoms with van der Waals surface area (Å²) >= 11 is 0. The number of carbonyl (C=O) groups is 1. The van der Waals surface area contributed by atoms with E-state index in [9.17, 15) is 4.79 Å². The molecule has 0 radical (unpaired) electrons. The Hall–Kier alpha value is -3.29. The van der Waals surface area contributed by atoms with Gasteiger partial charge >= 0.3 is 6.03 Å². The third kappa shape index (κ3) is 3.94. The summed E-state index contributed by atoms with van der Waals surface area (Å²) in [5.41, 5.74) is 5.06. The Morgan fingerprint density at radius 1 is 1.26 bits per heavy atom. The zero-order chi connectivity index (χ0) is 18.6. The predicted molar refractivity (Wildman–Crippen MR) is 101 cm³/mol. The summed E-state index contributed by atoms with van der Waals surface area (Å²) < 4.78 is 1.64. The van der Waals surface area contributed by atoms with E-state index in [1.807, 2.05) is 31.2 Å². The molecular weight excluding hydrogens is 342 g/mol. The van der Waals surface area contributed by atoms with Gasteiger partial charge in [0.1, 0.15) is 18.5 Å². The zero-order valence-corrected chi connectivity index (χ0v) is 15.1. The molecule has 138 valence electrons. The van der Waals surface area contributed by atoms with Crippen LogP contribution in [0.3, 0.4) is 0 Å². The van der Waals surface area contributed by atoms with E-state index in [-0.39, 0.29) is 6.03 Å². The normalized spacial score (nSPS) is 12.6. The van der Waals surface area contributed by atoms with Gasteiger partial charge in [0.15, 0.2) is 0 Å². The molecule has 0 unspecified atom stereocenters. The van der Waals surface area contributed by atoms with Gasteiger partial charge < -0.3 is 10.6 Å². The number of hydrogen-bond acceptors (Lipinski definition) is 5. The van der Waals surface area contributed by atoms with E-state index in [2.05, 4.69) is 30.7 Å². The van der Waals surface area contributed by atoms with Crippen molar-refractivity contribution in [2.75, 3.05) is 11.9 Å². The van der Waals surface area contributed by atoms with E-state index in [4.69, 9.17) is 0 Å². The molecule has 0 fully saturated rings. The fourth-order valence-corrected chi connectivity index (χ4v) is 3.33. The molecule has 8 nitrogen and oxygen atoms in total. The second kappa shape index (κ2) is 7.53. The minimum absolute atomic E-state index is 0.261. The van der Waals surface area contributed by atoms with Gasteiger partial charge in [-0.3, -0.25) is 0 Å². The van der Waals surface area contributed by atoms with Crippen LogP contribution in [0.4, 0.5) is 10.5 Å². The van der Waals surface area contributed by atoms with Crippen molar-refractivity contribution in [2.45, 2.75) is 32.6 Å². The van der Waals surface area contributed by atoms with E-state index in [0.29, 0.717) is 18.7 Å². The van der Waals surface area contributed by atoms with Crippen LogP contribution in [0.5, 0.6) is 0 Å². The number of hydrogen-bond donors (Lipinski definition) is 2. The molecule has 2 amide bonds. The van der Waals surface area contributed by atoms with E-state index in [0.717, 1.165) is 36.5 Å². The number of aromatic nitrogens is 5. The van der Waals surface area contributed by atoms with Gasteiger partial charge in [0.2, 0.25) is 0 Å². The van der Waals surface area contributed by atoms with E-state index < -0.39 is 0 Å². The van der Waals surface area contributed by atoms with Gasteiger partial charge in [-0.25, -0.2) is 24.4 Å². The first-order chi connectivity index (χ1) is 13.2. The lowest BCUT2D eigenvalue weighted by atomic mass is 10.2. The smallest absolute Gasteiger partial charge is 0.319 e. The number of benzene rings is 1. The first kappa shape index (κ1) is 17.1. The van der Waals surface area contributed by atoms with Crippen molar-refractivity contribution in [1.82, 2.24) is 30.0 Å². The summed E-state index contributed by atoms with van der Waals surface area (Å²) in [7, 11) is 0. The Kier molecular flexibility index (Phi) is 4.78. The van der Waals surface area contributed by atoms with Gasteiger partial charge in [0.05, 0.1) is 5.69 Å². The van der Waals surface area contributed by atoms with E-state index in [1.165, 1.54) is 17.6 Å². The lowest BCUT2D eigenvalue weighted by molar-refractivity contribution is 0.252. The fourth-order valence-electron chi connectivity index (χ4n) is 3.33. The van der Waals surface area contributed by atoms with Crippen LogP contribution in [0.25, 0.3) is 5.69 Å². The summed E-state index contributed by atoms with van der Waals surface area (Å²) in [6.45, 7) is 2.52. The molecule has 0 saturated carbocycles. The first-order valence-corrected chi connectivity index (χ1v) is 9.04. The minimum atomic E-state index is -0.261. The van der Waals surface area contributed by atoms with Crippen LogP contribution in [0.2, 0.25) is 0 Å². The Labute approximate surface area is 157 Å². The van der Waals surface area contributed by atoms with E-state index in [1.54, 1.807) is 11.0 Å². The van der Waals surface area contributed by atoms with Crippen LogP contribution in [0.1, 0.15) is 29.2 Å². The predicted octanol–water partition coefficient (Wildman–Crippen LogP) is 2.22. The number of aryl methyl sites for hydroxylation is 2. The molecular formula is C19H21N7O. The fraction of sp³-hybridized carbons (Fsp3) is 0.316. The highest BCUT2D eigenvalue weighted by Crippen LogP contribution is 2.22. The monoisotopic (exact) mass is 363 g/mol. The average Bonchev–Trinajstić information content (AvgIpc) is 3.34. The Morgan fingerprint density at radius 3 is 3.04 bits per heavy atom. The van der Waals surface area contributed by atoms with Crippen molar-refractivity contribution in [1.29, 1.82) is 0 Å². The van der Waals surface area contributed by atoms with Gasteiger partial charge in [0.25, 0.3) is 0 Å². The maximum absolute atomic E-state index is 12.2. The maximum Gasteiger partial charge on any atom is 0.319 e. The molecule has 0 aliphatic heterocycles. The van der Waals surface area contributed by atoms with Crippen LogP contribution in [0, 0.1) is 6.92 Å². The highest BCUT2D eigenvalue weighted by molar-refractivity contribution is 5.89. The van der Waals surface area contributed by atoms with Gasteiger partial charge in [-0.15, -0.1) is 0 Å². The van der Waals surface area contributed by atoms with Crippen LogP contribution in [-0.4, -0.2) is 37.3 Å². The van der Waals surface area contributed by atoms with Crippen molar-refractivity contribution in [3.63, 3.8) is 0 Å². The maximum atomic E-state index is 12.2. The highest BCUT2D eigenvalue weighted by Gasteiger charge is 2.16. The molecule has 2 N–H and O–H groups in total. The number of anilines is 1. The van der Waals surface area contributed by atoms with Crippen molar-refractivity contribution >= 4 is 11.7 Å². The SMILES string of the molecule is Cc1nc(CCNC(=O)Nc2cccc(-n3cncn3)c2)nc2c1CCC2. The molecule has 1 aliphatic carbocycles. The van der Waals surface area contributed by atoms with Gasteiger partial charge in [-0.1, -0.05) is 6.07 Å². The second-order valence-electron chi connectivity index (χ2n) is 6.53. The van der Waals surface area contributed by atoms with Crippen LogP contribution >= 0.6 is 0 Å². The second-order valence-corrected chi connectivity index (χ2v) is 6.53. The molecule has 2 aromatic heterocycles. The summed E-state index contributed by atoms with van der Waals surface area (Å²) in [6.07, 6.45) is 6.95. The lowest BCUT2D eigenvalue weighted by Crippen LogP contribution is -2.30. The zero-order valence-electron chi connectivity index (χ0n) is 15.1. The molecule has 1 aliphatic rings. The summed E-state index contributed by atoms with van der Waals surface area (Å²) in [5, 5.41) is 9.77. The van der Waals surface area contributed by atoms with Gasteiger partial charge in [-0.2, -0.15) is 5.10 Å². The van der Waals surface area contributed by atoms with Gasteiger partial charge in [-0.05, 0) is 49.9 Å². The summed E-state index contributed by atoms with van der Waals surface area (Å²) in [6, 6.07) is 7.15. The molecule has 8 heteroatoms. The topological polar surface area (TPSA) is 97.6 Å². The molecule has 0 bridgehead atoms. The Morgan fingerprint density at radius 2 is 2.19 bits per heavy atom. The van der Waals surface area contributed by atoms with Crippen molar-refractivity contribution in [3.8, 4) is 5.69 Å². The average molecular weight is 363 g/mol. The molecule has 0 spiro atoms. The summed E-state index contributed by atoms with van der Waals surface area (Å²) in [5.74, 6) is 0.793. The minimum Gasteiger partial charge on any atom is -0.337 e. The number of nitrogens with one attached hydrogen (secondary N) is 2. The highest BCUT2D eigenvalue weighted by atomic mass is 16.2. The van der Waals surface area contributed by atoms with Crippen LogP contribution < -0.4 is 10.6 Å². The number of urea groups is 1. The first-order valence-electron chi connectivity index (χ1n) is 9.04. The molecule has 1 aromatic carbocycles. The molecule has 0 saturated heterocycles. The number of rotatable bonds is 5.